The second-order valence-electron chi connectivity index (χ2n) is 5.57. The molecule has 3 heteroatoms. The van der Waals surface area contributed by atoms with Crippen LogP contribution in [-0.4, -0.2) is 41.3 Å². The number of rotatable bonds is 2. The monoisotopic (exact) mass is 212 g/mol. The molecule has 0 aromatic rings. The van der Waals surface area contributed by atoms with Crippen molar-refractivity contribution in [1.29, 1.82) is 0 Å². The minimum absolute atomic E-state index is 0.400. The Morgan fingerprint density at radius 2 is 1.87 bits per heavy atom. The van der Waals surface area contributed by atoms with Gasteiger partial charge in [-0.15, -0.1) is 0 Å². The van der Waals surface area contributed by atoms with Crippen molar-refractivity contribution in [2.45, 2.75) is 44.8 Å². The Labute approximate surface area is 92.6 Å². The van der Waals surface area contributed by atoms with E-state index in [2.05, 4.69) is 18.7 Å². The second kappa shape index (κ2) is 4.04. The van der Waals surface area contributed by atoms with Crippen LogP contribution in [0.25, 0.3) is 0 Å². The van der Waals surface area contributed by atoms with E-state index in [0.717, 1.165) is 25.9 Å². The molecule has 0 spiro atoms. The largest absolute Gasteiger partial charge is 0.388 e. The molecule has 1 aliphatic heterocycles. The Balaban J connectivity index is 2.15. The van der Waals surface area contributed by atoms with Gasteiger partial charge in [0.15, 0.2) is 0 Å². The van der Waals surface area contributed by atoms with Crippen molar-refractivity contribution >= 4 is 0 Å². The van der Waals surface area contributed by atoms with E-state index in [4.69, 9.17) is 5.73 Å². The summed E-state index contributed by atoms with van der Waals surface area (Å²) >= 11 is 0. The minimum Gasteiger partial charge on any atom is -0.388 e. The van der Waals surface area contributed by atoms with E-state index in [1.165, 1.54) is 6.42 Å². The van der Waals surface area contributed by atoms with Gasteiger partial charge in [0.25, 0.3) is 0 Å². The molecule has 15 heavy (non-hydrogen) atoms. The molecule has 1 aliphatic carbocycles. The summed E-state index contributed by atoms with van der Waals surface area (Å²) in [5.74, 6) is 0.801. The van der Waals surface area contributed by atoms with Crippen LogP contribution in [-0.2, 0) is 0 Å². The van der Waals surface area contributed by atoms with Gasteiger partial charge in [-0.2, -0.15) is 0 Å². The number of piperidine rings is 1. The lowest BCUT2D eigenvalue weighted by Crippen LogP contribution is -2.64. The van der Waals surface area contributed by atoms with Gasteiger partial charge >= 0.3 is 0 Å². The van der Waals surface area contributed by atoms with E-state index in [1.54, 1.807) is 0 Å². The van der Waals surface area contributed by atoms with E-state index in [-0.39, 0.29) is 0 Å². The molecule has 1 heterocycles. The zero-order valence-corrected chi connectivity index (χ0v) is 9.95. The summed E-state index contributed by atoms with van der Waals surface area (Å²) in [6.45, 7) is 6.98. The van der Waals surface area contributed by atoms with E-state index in [0.29, 0.717) is 24.4 Å². The molecular weight excluding hydrogens is 188 g/mol. The Bertz CT molecular complexity index is 216. The highest BCUT2D eigenvalue weighted by molar-refractivity contribution is 5.02. The molecule has 2 bridgehead atoms. The quantitative estimate of drug-likeness (QED) is 0.712. The maximum absolute atomic E-state index is 10.6. The fourth-order valence-corrected chi connectivity index (χ4v) is 3.34. The van der Waals surface area contributed by atoms with Crippen LogP contribution in [0.4, 0.5) is 0 Å². The van der Waals surface area contributed by atoms with Crippen LogP contribution in [0.1, 0.15) is 33.1 Å². The zero-order valence-electron chi connectivity index (χ0n) is 9.95. The fourth-order valence-electron chi connectivity index (χ4n) is 3.34. The van der Waals surface area contributed by atoms with E-state index in [9.17, 15) is 5.11 Å². The fraction of sp³-hybridized carbons (Fsp3) is 1.00. The van der Waals surface area contributed by atoms with Gasteiger partial charge < -0.3 is 15.7 Å². The average Bonchev–Trinajstić information content (AvgIpc) is 2.16. The lowest BCUT2D eigenvalue weighted by Gasteiger charge is -2.53. The molecule has 1 saturated heterocycles. The summed E-state index contributed by atoms with van der Waals surface area (Å²) < 4.78 is 0. The highest BCUT2D eigenvalue weighted by Gasteiger charge is 2.49. The van der Waals surface area contributed by atoms with Crippen LogP contribution in [0.3, 0.4) is 0 Å². The normalized spacial score (nSPS) is 42.2. The third-order valence-corrected chi connectivity index (χ3v) is 4.49. The zero-order chi connectivity index (χ0) is 11.1. The summed E-state index contributed by atoms with van der Waals surface area (Å²) in [5, 5.41) is 10.6. The smallest absolute Gasteiger partial charge is 0.0849 e. The molecule has 3 nitrogen and oxygen atoms in total. The Morgan fingerprint density at radius 3 is 2.27 bits per heavy atom. The summed E-state index contributed by atoms with van der Waals surface area (Å²) in [7, 11) is 0. The molecule has 88 valence electrons. The molecule has 0 aromatic heterocycles. The number of aliphatic hydroxyl groups is 1. The Morgan fingerprint density at radius 1 is 1.33 bits per heavy atom. The number of hydrogen-bond acceptors (Lipinski definition) is 3. The predicted molar refractivity (Wildman–Crippen MR) is 61.5 cm³/mol. The summed E-state index contributed by atoms with van der Waals surface area (Å²) in [5.41, 5.74) is 5.21. The molecule has 2 atom stereocenters. The van der Waals surface area contributed by atoms with E-state index in [1.807, 2.05) is 0 Å². The van der Waals surface area contributed by atoms with Crippen molar-refractivity contribution in [1.82, 2.24) is 4.90 Å². The Kier molecular flexibility index (Phi) is 3.06. The first kappa shape index (κ1) is 11.4. The van der Waals surface area contributed by atoms with Crippen LogP contribution in [0.5, 0.6) is 0 Å². The molecule has 0 radical (unpaired) electrons. The van der Waals surface area contributed by atoms with Crippen molar-refractivity contribution in [3.8, 4) is 0 Å². The first-order chi connectivity index (χ1) is 7.08. The molecule has 2 aliphatic rings. The lowest BCUT2D eigenvalue weighted by molar-refractivity contribution is -0.137. The van der Waals surface area contributed by atoms with Crippen LogP contribution < -0.4 is 5.73 Å². The topological polar surface area (TPSA) is 49.5 Å². The standard InChI is InChI=1S/C12H24N2O/c1-9(2)14-6-10-4-3-5-11(7-14)12(10,15)8-13/h9-11,15H,3-8,13H2,1-2H3. The van der Waals surface area contributed by atoms with Gasteiger partial charge in [-0.05, 0) is 26.7 Å². The van der Waals surface area contributed by atoms with Gasteiger partial charge in [0.05, 0.1) is 5.60 Å². The van der Waals surface area contributed by atoms with Gasteiger partial charge in [-0.25, -0.2) is 0 Å². The molecule has 3 N–H and O–H groups in total. The molecule has 0 aromatic carbocycles. The van der Waals surface area contributed by atoms with Crippen molar-refractivity contribution < 1.29 is 5.11 Å². The molecule has 2 rings (SSSR count). The first-order valence-corrected chi connectivity index (χ1v) is 6.24. The number of hydrogen-bond donors (Lipinski definition) is 2. The van der Waals surface area contributed by atoms with Crippen LogP contribution >= 0.6 is 0 Å². The minimum atomic E-state index is -0.566. The highest BCUT2D eigenvalue weighted by Crippen LogP contribution is 2.42. The third-order valence-electron chi connectivity index (χ3n) is 4.49. The van der Waals surface area contributed by atoms with Crippen LogP contribution in [0.2, 0.25) is 0 Å². The summed E-state index contributed by atoms with van der Waals surface area (Å²) in [4.78, 5) is 2.50. The number of nitrogens with zero attached hydrogens (tertiary/aromatic N) is 1. The maximum atomic E-state index is 10.6. The molecule has 2 unspecified atom stereocenters. The van der Waals surface area contributed by atoms with Gasteiger partial charge in [-0.1, -0.05) is 6.42 Å². The molecule has 0 amide bonds. The third kappa shape index (κ3) is 1.81. The maximum Gasteiger partial charge on any atom is 0.0849 e. The molecule has 2 fully saturated rings. The van der Waals surface area contributed by atoms with Crippen LogP contribution in [0.15, 0.2) is 0 Å². The van der Waals surface area contributed by atoms with Crippen LogP contribution in [0, 0.1) is 11.8 Å². The van der Waals surface area contributed by atoms with Gasteiger partial charge in [-0.3, -0.25) is 0 Å². The molecular formula is C12H24N2O. The van der Waals surface area contributed by atoms with E-state index >= 15 is 0 Å². The average molecular weight is 212 g/mol. The predicted octanol–water partition coefficient (Wildman–Crippen LogP) is 0.817. The van der Waals surface area contributed by atoms with Gasteiger partial charge in [0.2, 0.25) is 0 Å². The van der Waals surface area contributed by atoms with Crippen molar-refractivity contribution in [3.63, 3.8) is 0 Å². The SMILES string of the molecule is CC(C)N1CC2CCCC(C1)C2(O)CN. The first-order valence-electron chi connectivity index (χ1n) is 6.24. The molecule has 1 saturated carbocycles. The lowest BCUT2D eigenvalue weighted by atomic mass is 9.65. The van der Waals surface area contributed by atoms with Crippen molar-refractivity contribution in [2.75, 3.05) is 19.6 Å². The highest BCUT2D eigenvalue weighted by atomic mass is 16.3. The summed E-state index contributed by atoms with van der Waals surface area (Å²) in [6.07, 6.45) is 3.56. The van der Waals surface area contributed by atoms with Gasteiger partial charge in [0.1, 0.15) is 0 Å². The second-order valence-corrected chi connectivity index (χ2v) is 5.57. The number of nitrogens with two attached hydrogens (primary N) is 1. The Hall–Kier alpha value is -0.120. The number of fused-ring (bicyclic) bond motifs is 2. The van der Waals surface area contributed by atoms with Crippen molar-refractivity contribution in [3.05, 3.63) is 0 Å². The van der Waals surface area contributed by atoms with Crippen molar-refractivity contribution in [2.24, 2.45) is 17.6 Å². The number of likely N-dealkylation sites (tertiary alicyclic amines) is 1. The van der Waals surface area contributed by atoms with Gasteiger partial charge in [0, 0.05) is 37.5 Å². The summed E-state index contributed by atoms with van der Waals surface area (Å²) in [6, 6.07) is 0.593. The van der Waals surface area contributed by atoms with E-state index < -0.39 is 5.60 Å².